The summed E-state index contributed by atoms with van der Waals surface area (Å²) in [4.78, 5) is 0. The van der Waals surface area contributed by atoms with Crippen LogP contribution < -0.4 is 11.5 Å². The molecular weight excluding hydrogens is 215 g/mol. The quantitative estimate of drug-likeness (QED) is 0.837. The molecule has 0 aliphatic rings. The summed E-state index contributed by atoms with van der Waals surface area (Å²) in [5.74, 6) is -0.211. The van der Waals surface area contributed by atoms with Crippen molar-refractivity contribution in [3.63, 3.8) is 0 Å². The Bertz CT molecular complexity index is 305. The third-order valence-electron chi connectivity index (χ3n) is 2.35. The first-order valence-corrected chi connectivity index (χ1v) is 4.87. The van der Waals surface area contributed by atoms with Gasteiger partial charge in [0, 0.05) is 6.04 Å². The molecule has 1 aromatic carbocycles. The number of hydrogen-bond acceptors (Lipinski definition) is 2. The largest absolute Gasteiger partial charge is 0.330 e. The number of benzene rings is 1. The first kappa shape index (κ1) is 14.4. The van der Waals surface area contributed by atoms with Crippen molar-refractivity contribution in [2.24, 2.45) is 11.5 Å². The maximum atomic E-state index is 12.8. The van der Waals surface area contributed by atoms with Crippen molar-refractivity contribution in [1.29, 1.82) is 0 Å². The second kappa shape index (κ2) is 6.77. The van der Waals surface area contributed by atoms with E-state index < -0.39 is 0 Å². The third-order valence-corrected chi connectivity index (χ3v) is 2.35. The lowest BCUT2D eigenvalue weighted by Crippen LogP contribution is -2.13. The fourth-order valence-electron chi connectivity index (χ4n) is 1.55. The number of nitrogens with two attached hydrogens (primary N) is 2. The molecule has 0 aromatic heterocycles. The van der Waals surface area contributed by atoms with E-state index in [-0.39, 0.29) is 24.3 Å². The minimum Gasteiger partial charge on any atom is -0.330 e. The van der Waals surface area contributed by atoms with Crippen LogP contribution in [0.25, 0.3) is 0 Å². The van der Waals surface area contributed by atoms with Crippen LogP contribution in [0.2, 0.25) is 0 Å². The summed E-state index contributed by atoms with van der Waals surface area (Å²) in [5.41, 5.74) is 13.3. The van der Waals surface area contributed by atoms with Crippen LogP contribution in [0.15, 0.2) is 18.2 Å². The molecule has 1 rings (SSSR count). The molecule has 0 radical (unpaired) electrons. The van der Waals surface area contributed by atoms with Gasteiger partial charge in [0.2, 0.25) is 0 Å². The maximum absolute atomic E-state index is 12.8. The second-order valence-corrected chi connectivity index (χ2v) is 3.54. The summed E-state index contributed by atoms with van der Waals surface area (Å²) in [6.07, 6.45) is 1.75. The van der Waals surface area contributed by atoms with E-state index in [0.29, 0.717) is 6.54 Å². The van der Waals surface area contributed by atoms with E-state index in [1.54, 1.807) is 6.07 Å². The highest BCUT2D eigenvalue weighted by Crippen LogP contribution is 2.20. The molecule has 0 fully saturated rings. The van der Waals surface area contributed by atoms with Crippen molar-refractivity contribution in [3.05, 3.63) is 35.1 Å². The number of hydrogen-bond donors (Lipinski definition) is 2. The summed E-state index contributed by atoms with van der Waals surface area (Å²) >= 11 is 0. The van der Waals surface area contributed by atoms with Gasteiger partial charge in [0.15, 0.2) is 0 Å². The third kappa shape index (κ3) is 4.16. The van der Waals surface area contributed by atoms with Gasteiger partial charge in [-0.15, -0.1) is 12.4 Å². The van der Waals surface area contributed by atoms with Crippen LogP contribution >= 0.6 is 12.4 Å². The SMILES string of the molecule is Cc1cc(F)ccc1[C@@H](N)CCCN.Cl. The van der Waals surface area contributed by atoms with Gasteiger partial charge in [0.05, 0.1) is 0 Å². The lowest BCUT2D eigenvalue weighted by atomic mass is 9.98. The molecule has 0 spiro atoms. The van der Waals surface area contributed by atoms with Gasteiger partial charge in [-0.25, -0.2) is 4.39 Å². The molecule has 2 nitrogen and oxygen atoms in total. The highest BCUT2D eigenvalue weighted by molar-refractivity contribution is 5.85. The smallest absolute Gasteiger partial charge is 0.123 e. The summed E-state index contributed by atoms with van der Waals surface area (Å²) in [6, 6.07) is 4.69. The van der Waals surface area contributed by atoms with E-state index in [2.05, 4.69) is 0 Å². The lowest BCUT2D eigenvalue weighted by Gasteiger charge is -2.14. The molecule has 0 amide bonds. The molecule has 0 saturated carbocycles. The van der Waals surface area contributed by atoms with Crippen LogP contribution in [0.1, 0.15) is 30.0 Å². The van der Waals surface area contributed by atoms with E-state index in [1.807, 2.05) is 6.92 Å². The zero-order valence-corrected chi connectivity index (χ0v) is 9.69. The Labute approximate surface area is 96.3 Å². The van der Waals surface area contributed by atoms with E-state index in [1.165, 1.54) is 12.1 Å². The summed E-state index contributed by atoms with van der Waals surface area (Å²) < 4.78 is 12.8. The van der Waals surface area contributed by atoms with Gasteiger partial charge in [-0.1, -0.05) is 6.07 Å². The number of aryl methyl sites for hydroxylation is 1. The summed E-state index contributed by atoms with van der Waals surface area (Å²) in [5, 5.41) is 0. The normalized spacial score (nSPS) is 12.0. The minimum absolute atomic E-state index is 0. The van der Waals surface area contributed by atoms with Crippen LogP contribution in [0.3, 0.4) is 0 Å². The van der Waals surface area contributed by atoms with Crippen LogP contribution in [-0.4, -0.2) is 6.54 Å². The Kier molecular flexibility index (Phi) is 6.48. The zero-order chi connectivity index (χ0) is 10.6. The first-order valence-electron chi connectivity index (χ1n) is 4.87. The molecule has 0 bridgehead atoms. The Morgan fingerprint density at radius 1 is 1.40 bits per heavy atom. The van der Waals surface area contributed by atoms with Gasteiger partial charge >= 0.3 is 0 Å². The lowest BCUT2D eigenvalue weighted by molar-refractivity contribution is 0.603. The highest BCUT2D eigenvalue weighted by Gasteiger charge is 2.08. The molecule has 0 aliphatic heterocycles. The van der Waals surface area contributed by atoms with Crippen LogP contribution in [0, 0.1) is 12.7 Å². The Morgan fingerprint density at radius 2 is 2.07 bits per heavy atom. The maximum Gasteiger partial charge on any atom is 0.123 e. The van der Waals surface area contributed by atoms with Crippen LogP contribution in [0.5, 0.6) is 0 Å². The second-order valence-electron chi connectivity index (χ2n) is 3.54. The molecule has 1 aromatic rings. The van der Waals surface area contributed by atoms with Gasteiger partial charge in [0.1, 0.15) is 5.82 Å². The van der Waals surface area contributed by atoms with E-state index in [9.17, 15) is 4.39 Å². The molecule has 4 heteroatoms. The Balaban J connectivity index is 0.00000196. The fourth-order valence-corrected chi connectivity index (χ4v) is 1.55. The first-order chi connectivity index (χ1) is 6.65. The molecule has 15 heavy (non-hydrogen) atoms. The molecule has 1 atom stereocenters. The van der Waals surface area contributed by atoms with Gasteiger partial charge in [-0.05, 0) is 49.6 Å². The number of rotatable bonds is 4. The molecule has 4 N–H and O–H groups in total. The zero-order valence-electron chi connectivity index (χ0n) is 8.87. The molecule has 0 unspecified atom stereocenters. The van der Waals surface area contributed by atoms with Crippen molar-refractivity contribution in [1.82, 2.24) is 0 Å². The Hall–Kier alpha value is -0.640. The Morgan fingerprint density at radius 3 is 2.60 bits per heavy atom. The minimum atomic E-state index is -0.211. The molecule has 0 aliphatic carbocycles. The van der Waals surface area contributed by atoms with Crippen molar-refractivity contribution in [2.45, 2.75) is 25.8 Å². The fraction of sp³-hybridized carbons (Fsp3) is 0.455. The van der Waals surface area contributed by atoms with Crippen molar-refractivity contribution in [3.8, 4) is 0 Å². The van der Waals surface area contributed by atoms with Gasteiger partial charge in [-0.3, -0.25) is 0 Å². The van der Waals surface area contributed by atoms with Gasteiger partial charge in [0.25, 0.3) is 0 Å². The summed E-state index contributed by atoms with van der Waals surface area (Å²) in [6.45, 7) is 2.52. The van der Waals surface area contributed by atoms with Crippen LogP contribution in [-0.2, 0) is 0 Å². The highest BCUT2D eigenvalue weighted by atomic mass is 35.5. The summed E-state index contributed by atoms with van der Waals surface area (Å²) in [7, 11) is 0. The average molecular weight is 233 g/mol. The molecule has 0 saturated heterocycles. The predicted molar refractivity (Wildman–Crippen MR) is 63.6 cm³/mol. The van der Waals surface area contributed by atoms with E-state index >= 15 is 0 Å². The monoisotopic (exact) mass is 232 g/mol. The van der Waals surface area contributed by atoms with E-state index in [0.717, 1.165) is 24.0 Å². The van der Waals surface area contributed by atoms with Crippen molar-refractivity contribution < 1.29 is 4.39 Å². The standard InChI is InChI=1S/C11H17FN2.ClH/c1-8-7-9(12)4-5-10(8)11(14)3-2-6-13;/h4-5,7,11H,2-3,6,13-14H2,1H3;1H/t11-;/m0./s1. The average Bonchev–Trinajstić information content (AvgIpc) is 2.14. The molecular formula is C11H18ClFN2. The van der Waals surface area contributed by atoms with Gasteiger partial charge in [-0.2, -0.15) is 0 Å². The van der Waals surface area contributed by atoms with Crippen molar-refractivity contribution >= 4 is 12.4 Å². The van der Waals surface area contributed by atoms with Crippen LogP contribution in [0.4, 0.5) is 4.39 Å². The van der Waals surface area contributed by atoms with Gasteiger partial charge < -0.3 is 11.5 Å². The molecule has 86 valence electrons. The molecule has 0 heterocycles. The topological polar surface area (TPSA) is 52.0 Å². The van der Waals surface area contributed by atoms with E-state index in [4.69, 9.17) is 11.5 Å². The van der Waals surface area contributed by atoms with Crippen molar-refractivity contribution in [2.75, 3.05) is 6.54 Å². The number of halogens is 2. The predicted octanol–water partition coefficient (Wildman–Crippen LogP) is 2.29.